The van der Waals surface area contributed by atoms with Crippen molar-refractivity contribution in [3.63, 3.8) is 0 Å². The molecule has 1 saturated heterocycles. The van der Waals surface area contributed by atoms with E-state index < -0.39 is 0 Å². The molecule has 4 nitrogen and oxygen atoms in total. The molecule has 1 N–H and O–H groups in total. The Bertz CT molecular complexity index is 416. The van der Waals surface area contributed by atoms with Crippen molar-refractivity contribution in [2.75, 3.05) is 19.6 Å². The number of aromatic nitrogens is 2. The van der Waals surface area contributed by atoms with Gasteiger partial charge in [0.1, 0.15) is 0 Å². The molecule has 21 heavy (non-hydrogen) atoms. The van der Waals surface area contributed by atoms with Gasteiger partial charge in [-0.1, -0.05) is 26.2 Å². The maximum atomic E-state index is 4.87. The lowest BCUT2D eigenvalue weighted by atomic mass is 9.96. The smallest absolute Gasteiger partial charge is 0.0765 e. The highest BCUT2D eigenvalue weighted by atomic mass is 15.3. The first-order valence-electron chi connectivity index (χ1n) is 8.85. The number of nitrogens with one attached hydrogen (secondary N) is 1. The van der Waals surface area contributed by atoms with Crippen LogP contribution in [0.1, 0.15) is 63.6 Å². The molecule has 0 amide bonds. The van der Waals surface area contributed by atoms with Gasteiger partial charge in [0.2, 0.25) is 0 Å². The van der Waals surface area contributed by atoms with Gasteiger partial charge < -0.3 is 5.32 Å². The van der Waals surface area contributed by atoms with Crippen LogP contribution in [0.5, 0.6) is 0 Å². The van der Waals surface area contributed by atoms with Gasteiger partial charge in [-0.2, -0.15) is 5.10 Å². The zero-order valence-corrected chi connectivity index (χ0v) is 13.4. The second-order valence-electron chi connectivity index (χ2n) is 6.64. The number of likely N-dealkylation sites (N-methyl/N-ethyl adjacent to an activating group) is 1. The summed E-state index contributed by atoms with van der Waals surface area (Å²) < 4.78 is 2.24. The minimum atomic E-state index is 0.652. The molecule has 0 bridgehead atoms. The summed E-state index contributed by atoms with van der Waals surface area (Å²) in [5.41, 5.74) is 1.24. The second-order valence-corrected chi connectivity index (χ2v) is 6.64. The molecule has 1 aromatic heterocycles. The van der Waals surface area contributed by atoms with Gasteiger partial charge >= 0.3 is 0 Å². The topological polar surface area (TPSA) is 33.1 Å². The quantitative estimate of drug-likeness (QED) is 0.905. The van der Waals surface area contributed by atoms with Crippen LogP contribution < -0.4 is 5.32 Å². The summed E-state index contributed by atoms with van der Waals surface area (Å²) in [6, 6.07) is 3.57. The molecule has 1 atom stereocenters. The molecule has 1 aliphatic carbocycles. The minimum absolute atomic E-state index is 0.652. The molecule has 1 unspecified atom stereocenters. The third kappa shape index (κ3) is 3.86. The Labute approximate surface area is 128 Å². The van der Waals surface area contributed by atoms with Gasteiger partial charge in [-0.15, -0.1) is 0 Å². The summed E-state index contributed by atoms with van der Waals surface area (Å²) in [6.07, 6.45) is 11.6. The van der Waals surface area contributed by atoms with Crippen LogP contribution in [0, 0.1) is 0 Å². The molecule has 0 aromatic carbocycles. The molecule has 1 saturated carbocycles. The van der Waals surface area contributed by atoms with Crippen molar-refractivity contribution in [2.24, 2.45) is 0 Å². The average molecular weight is 290 g/mol. The average Bonchev–Trinajstić information content (AvgIpc) is 3.03. The van der Waals surface area contributed by atoms with E-state index in [0.717, 1.165) is 19.6 Å². The molecular weight excluding hydrogens is 260 g/mol. The van der Waals surface area contributed by atoms with Gasteiger partial charge in [0.15, 0.2) is 0 Å². The van der Waals surface area contributed by atoms with Gasteiger partial charge in [-0.3, -0.25) is 9.58 Å². The summed E-state index contributed by atoms with van der Waals surface area (Å²) in [6.45, 7) is 6.71. The molecule has 0 spiro atoms. The molecule has 1 aliphatic heterocycles. The Morgan fingerprint density at radius 1 is 1.24 bits per heavy atom. The molecule has 3 rings (SSSR count). The lowest BCUT2D eigenvalue weighted by Crippen LogP contribution is -2.45. The highest BCUT2D eigenvalue weighted by Gasteiger charge is 2.21. The van der Waals surface area contributed by atoms with Crippen LogP contribution in [-0.4, -0.2) is 40.4 Å². The molecule has 4 heteroatoms. The van der Waals surface area contributed by atoms with Crippen molar-refractivity contribution in [1.29, 1.82) is 0 Å². The summed E-state index contributed by atoms with van der Waals surface area (Å²) in [4.78, 5) is 2.58. The molecule has 0 radical (unpaired) electrons. The van der Waals surface area contributed by atoms with Crippen molar-refractivity contribution in [3.05, 3.63) is 18.0 Å². The van der Waals surface area contributed by atoms with E-state index in [0.29, 0.717) is 12.1 Å². The summed E-state index contributed by atoms with van der Waals surface area (Å²) in [5, 5.41) is 8.40. The van der Waals surface area contributed by atoms with E-state index in [9.17, 15) is 0 Å². The first kappa shape index (κ1) is 15.0. The van der Waals surface area contributed by atoms with Crippen LogP contribution in [0.15, 0.2) is 12.3 Å². The molecule has 2 fully saturated rings. The van der Waals surface area contributed by atoms with Crippen LogP contribution in [0.3, 0.4) is 0 Å². The normalized spacial score (nSPS) is 24.6. The van der Waals surface area contributed by atoms with Gasteiger partial charge in [0.05, 0.1) is 11.7 Å². The Kier molecular flexibility index (Phi) is 5.31. The molecule has 2 heterocycles. The fourth-order valence-corrected chi connectivity index (χ4v) is 3.86. The van der Waals surface area contributed by atoms with Crippen molar-refractivity contribution in [3.8, 4) is 0 Å². The van der Waals surface area contributed by atoms with E-state index in [-0.39, 0.29) is 0 Å². The van der Waals surface area contributed by atoms with Gasteiger partial charge in [-0.05, 0) is 44.8 Å². The lowest BCUT2D eigenvalue weighted by Gasteiger charge is -2.33. The van der Waals surface area contributed by atoms with Gasteiger partial charge in [0.25, 0.3) is 0 Å². The maximum Gasteiger partial charge on any atom is 0.0765 e. The van der Waals surface area contributed by atoms with Crippen molar-refractivity contribution >= 4 is 0 Å². The Morgan fingerprint density at radius 3 is 2.81 bits per heavy atom. The van der Waals surface area contributed by atoms with Gasteiger partial charge in [0, 0.05) is 25.3 Å². The number of rotatable bonds is 5. The van der Waals surface area contributed by atoms with Crippen LogP contribution >= 0.6 is 0 Å². The van der Waals surface area contributed by atoms with E-state index in [1.165, 1.54) is 57.2 Å². The van der Waals surface area contributed by atoms with Crippen LogP contribution in [-0.2, 0) is 6.54 Å². The highest BCUT2D eigenvalue weighted by Crippen LogP contribution is 2.27. The van der Waals surface area contributed by atoms with Crippen molar-refractivity contribution < 1.29 is 0 Å². The largest absolute Gasteiger partial charge is 0.315 e. The lowest BCUT2D eigenvalue weighted by molar-refractivity contribution is 0.163. The Morgan fingerprint density at radius 2 is 2.10 bits per heavy atom. The summed E-state index contributed by atoms with van der Waals surface area (Å²) >= 11 is 0. The van der Waals surface area contributed by atoms with E-state index in [2.05, 4.69) is 34.1 Å². The molecular formula is C17H30N4. The van der Waals surface area contributed by atoms with E-state index in [1.807, 2.05) is 0 Å². The maximum absolute atomic E-state index is 4.87. The fraction of sp³-hybridized carbons (Fsp3) is 0.824. The summed E-state index contributed by atoms with van der Waals surface area (Å²) in [7, 11) is 0. The molecule has 2 aliphatic rings. The van der Waals surface area contributed by atoms with E-state index in [4.69, 9.17) is 5.10 Å². The molecule has 118 valence electrons. The number of piperidine rings is 1. The highest BCUT2D eigenvalue weighted by molar-refractivity contribution is 5.01. The third-order valence-corrected chi connectivity index (χ3v) is 5.17. The SMILES string of the molecule is CCN(Cc1ccn(C2CCCCC2)n1)C1CCCNC1. The first-order valence-corrected chi connectivity index (χ1v) is 8.85. The van der Waals surface area contributed by atoms with Gasteiger partial charge in [-0.25, -0.2) is 0 Å². The number of hydrogen-bond acceptors (Lipinski definition) is 3. The van der Waals surface area contributed by atoms with E-state index in [1.54, 1.807) is 0 Å². The second kappa shape index (κ2) is 7.41. The van der Waals surface area contributed by atoms with Crippen molar-refractivity contribution in [1.82, 2.24) is 20.0 Å². The zero-order chi connectivity index (χ0) is 14.5. The third-order valence-electron chi connectivity index (χ3n) is 5.17. The monoisotopic (exact) mass is 290 g/mol. The standard InChI is InChI=1S/C17H30N4/c1-2-20(17-9-6-11-18-13-17)14-15-10-12-21(19-15)16-7-4-3-5-8-16/h10,12,16-18H,2-9,11,13-14H2,1H3. The Balaban J connectivity index is 1.59. The number of nitrogens with zero attached hydrogens (tertiary/aromatic N) is 3. The predicted octanol–water partition coefficient (Wildman–Crippen LogP) is 2.96. The number of hydrogen-bond donors (Lipinski definition) is 1. The minimum Gasteiger partial charge on any atom is -0.315 e. The Hall–Kier alpha value is -0.870. The fourth-order valence-electron chi connectivity index (χ4n) is 3.86. The van der Waals surface area contributed by atoms with Crippen molar-refractivity contribution in [2.45, 2.75) is 70.5 Å². The van der Waals surface area contributed by atoms with Crippen LogP contribution in [0.25, 0.3) is 0 Å². The van der Waals surface area contributed by atoms with Crippen LogP contribution in [0.4, 0.5) is 0 Å². The summed E-state index contributed by atoms with van der Waals surface area (Å²) in [5.74, 6) is 0. The molecule has 1 aromatic rings. The predicted molar refractivity (Wildman–Crippen MR) is 86.3 cm³/mol. The first-order chi connectivity index (χ1) is 10.4. The zero-order valence-electron chi connectivity index (χ0n) is 13.4. The van der Waals surface area contributed by atoms with Crippen LogP contribution in [0.2, 0.25) is 0 Å². The van der Waals surface area contributed by atoms with E-state index >= 15 is 0 Å².